The molecule has 6 N–H and O–H groups in total. The first-order valence-electron chi connectivity index (χ1n) is 18.1. The molecule has 1 amide bonds. The van der Waals surface area contributed by atoms with Gasteiger partial charge in [0.15, 0.2) is 0 Å². The van der Waals surface area contributed by atoms with E-state index in [1.165, 1.54) is 34.8 Å². The SMILES string of the molecule is COc1cc(NC(=O)CC[As](C)C2CCC(OC(=O)C(O)(c3cccs3)c3cccs3)CC2)c(Cl)cc1CCNC[C@@H](O)c1ccc(O)c2[nH]c(=O)ccc12. The maximum absolute atomic E-state index is 13.4. The number of rotatable bonds is 16. The zero-order chi connectivity index (χ0) is 39.1. The van der Waals surface area contributed by atoms with Crippen molar-refractivity contribution in [3.63, 3.8) is 0 Å². The van der Waals surface area contributed by atoms with Crippen molar-refractivity contribution >= 4 is 77.4 Å². The molecule has 0 aliphatic heterocycles. The minimum atomic E-state index is -1.80. The predicted molar refractivity (Wildman–Crippen MR) is 219 cm³/mol. The Morgan fingerprint density at radius 2 is 1.76 bits per heavy atom. The van der Waals surface area contributed by atoms with Crippen LogP contribution in [0.25, 0.3) is 10.9 Å². The average Bonchev–Trinajstić information content (AvgIpc) is 3.93. The molecule has 3 aromatic heterocycles. The summed E-state index contributed by atoms with van der Waals surface area (Å²) in [5.41, 5.74) is 2.34. The molecule has 2 aromatic carbocycles. The Morgan fingerprint density at radius 3 is 2.42 bits per heavy atom. The van der Waals surface area contributed by atoms with Crippen LogP contribution in [0.4, 0.5) is 5.69 Å². The summed E-state index contributed by atoms with van der Waals surface area (Å²) in [4.78, 5) is 41.9. The summed E-state index contributed by atoms with van der Waals surface area (Å²) in [6, 6.07) is 16.7. The molecule has 5 aromatic rings. The van der Waals surface area contributed by atoms with Crippen molar-refractivity contribution in [3.05, 3.63) is 108 Å². The number of carbonyl (C=O) groups is 2. The zero-order valence-corrected chi connectivity index (χ0v) is 34.8. The van der Waals surface area contributed by atoms with E-state index in [2.05, 4.69) is 21.3 Å². The number of pyridine rings is 1. The summed E-state index contributed by atoms with van der Waals surface area (Å²) in [6.07, 6.45) is 3.14. The molecule has 1 fully saturated rings. The number of nitrogens with one attached hydrogen (secondary N) is 3. The molecule has 0 bridgehead atoms. The third-order valence-corrected chi connectivity index (χ3v) is 18.0. The topological polar surface area (TPSA) is 170 Å². The first-order chi connectivity index (χ1) is 26.5. The monoisotopic (exact) mass is 869 g/mol. The molecule has 1 aliphatic rings. The molecular weight excluding hydrogens is 825 g/mol. The second kappa shape index (κ2) is 18.5. The zero-order valence-electron chi connectivity index (χ0n) is 30.5. The quantitative estimate of drug-likeness (QED) is 0.0343. The van der Waals surface area contributed by atoms with Crippen molar-refractivity contribution in [3.8, 4) is 11.5 Å². The summed E-state index contributed by atoms with van der Waals surface area (Å²) >= 11 is 7.94. The van der Waals surface area contributed by atoms with Crippen LogP contribution >= 0.6 is 34.3 Å². The Bertz CT molecular complexity index is 2100. The number of aromatic amines is 1. The Hall–Kier alpha value is -3.68. The van der Waals surface area contributed by atoms with E-state index >= 15 is 0 Å². The normalized spacial score (nSPS) is 17.1. The summed E-state index contributed by atoms with van der Waals surface area (Å²) in [5.74, 6) is -0.215. The molecule has 1 unspecified atom stereocenters. The number of phenols is 1. The number of amides is 1. The second-order valence-electron chi connectivity index (χ2n) is 13.7. The van der Waals surface area contributed by atoms with Crippen LogP contribution in [0.15, 0.2) is 76.2 Å². The Kier molecular flexibility index (Phi) is 13.8. The Balaban J connectivity index is 0.946. The summed E-state index contributed by atoms with van der Waals surface area (Å²) in [6.45, 7) is 0.734. The predicted octanol–water partition coefficient (Wildman–Crippen LogP) is 7.13. The number of H-pyrrole nitrogens is 1. The van der Waals surface area contributed by atoms with E-state index in [0.29, 0.717) is 61.3 Å². The number of benzene rings is 2. The second-order valence-corrected chi connectivity index (χ2v) is 21.6. The van der Waals surface area contributed by atoms with Crippen LogP contribution in [0.2, 0.25) is 20.6 Å². The number of thiophene rings is 2. The van der Waals surface area contributed by atoms with E-state index in [-0.39, 0.29) is 35.4 Å². The number of aromatic nitrogens is 1. The first kappa shape index (κ1) is 41.0. The molecule has 3 heterocycles. The van der Waals surface area contributed by atoms with Crippen LogP contribution in [0.5, 0.6) is 11.5 Å². The number of fused-ring (bicyclic) bond motifs is 1. The van der Waals surface area contributed by atoms with E-state index in [0.717, 1.165) is 36.5 Å². The van der Waals surface area contributed by atoms with E-state index in [1.807, 2.05) is 22.9 Å². The molecule has 55 heavy (non-hydrogen) atoms. The Morgan fingerprint density at radius 1 is 1.05 bits per heavy atom. The molecular formula is C40H45AsClN3O8S2. The van der Waals surface area contributed by atoms with Gasteiger partial charge in [0.05, 0.1) is 11.6 Å². The molecule has 0 radical (unpaired) electrons. The maximum atomic E-state index is 13.4. The van der Waals surface area contributed by atoms with Gasteiger partial charge in [0, 0.05) is 11.5 Å². The molecule has 0 spiro atoms. The van der Waals surface area contributed by atoms with Crippen LogP contribution in [0.3, 0.4) is 0 Å². The standard InChI is InChI=1S/C40H45AsClN3O8S2/c1-41(25-7-9-26(10-8-25)53-39(50)40(51,34-5-3-19-54-34)35-6-4-20-55-35)17-15-37(49)44-30-22-33(52-2)24(21-29(30)42)16-18-43-23-32(47)27-11-13-31(46)38-28(27)12-14-36(48)45-38/h3-6,11-14,19-22,25-26,32,43,46-47,51H,7-10,15-18,23H2,1-2H3,(H,44,49)(H,45,48)/t25?,26?,32-,41?/m1/s1. The van der Waals surface area contributed by atoms with Crippen molar-refractivity contribution in [1.82, 2.24) is 10.3 Å². The van der Waals surface area contributed by atoms with Gasteiger partial charge in [-0.2, -0.15) is 0 Å². The van der Waals surface area contributed by atoms with Gasteiger partial charge in [0.2, 0.25) is 5.56 Å². The summed E-state index contributed by atoms with van der Waals surface area (Å²) in [7, 11) is 1.56. The number of phenolic OH excluding ortho intramolecular Hbond substituents is 1. The minimum absolute atomic E-state index is 0.0657. The molecule has 1 aliphatic carbocycles. The number of halogens is 1. The molecule has 1 saturated carbocycles. The third kappa shape index (κ3) is 9.65. The number of aromatic hydroxyl groups is 1. The van der Waals surface area contributed by atoms with E-state index in [9.17, 15) is 29.7 Å². The van der Waals surface area contributed by atoms with Crippen LogP contribution in [-0.4, -0.2) is 73.1 Å². The van der Waals surface area contributed by atoms with Crippen LogP contribution in [0.1, 0.15) is 59.1 Å². The van der Waals surface area contributed by atoms with Gasteiger partial charge in [-0.3, -0.25) is 4.79 Å². The number of esters is 1. The molecule has 6 rings (SSSR count). The summed E-state index contributed by atoms with van der Waals surface area (Å²) < 4.78 is 12.1. The van der Waals surface area contributed by atoms with Gasteiger partial charge in [-0.1, -0.05) is 6.07 Å². The number of aliphatic hydroxyl groups is 2. The third-order valence-electron chi connectivity index (χ3n) is 10.1. The fourth-order valence-electron chi connectivity index (χ4n) is 7.00. The van der Waals surface area contributed by atoms with Crippen LogP contribution in [-0.2, 0) is 26.3 Å². The smallest absolute Gasteiger partial charge is 0.506 e. The van der Waals surface area contributed by atoms with Gasteiger partial charge in [-0.25, -0.2) is 0 Å². The molecule has 0 saturated heterocycles. The first-order valence-corrected chi connectivity index (χ1v) is 24.5. The van der Waals surface area contributed by atoms with E-state index < -0.39 is 32.3 Å². The van der Waals surface area contributed by atoms with Gasteiger partial charge in [-0.05, 0) is 17.7 Å². The fourth-order valence-corrected chi connectivity index (χ4v) is 13.4. The van der Waals surface area contributed by atoms with Gasteiger partial charge >= 0.3 is 261 Å². The van der Waals surface area contributed by atoms with Crippen molar-refractivity contribution < 1.29 is 34.4 Å². The summed E-state index contributed by atoms with van der Waals surface area (Å²) in [5, 5.41) is 44.3. The van der Waals surface area contributed by atoms with Gasteiger partial charge < -0.3 is 15.2 Å². The van der Waals surface area contributed by atoms with Gasteiger partial charge in [-0.15, -0.1) is 0 Å². The van der Waals surface area contributed by atoms with Crippen LogP contribution < -0.4 is 20.9 Å². The fraction of sp³-hybridized carbons (Fsp3) is 0.375. The minimum Gasteiger partial charge on any atom is -0.506 e. The van der Waals surface area contributed by atoms with Crippen molar-refractivity contribution in [2.75, 3.05) is 25.5 Å². The number of hydrogen-bond acceptors (Lipinski definition) is 11. The van der Waals surface area contributed by atoms with Crippen molar-refractivity contribution in [1.29, 1.82) is 0 Å². The van der Waals surface area contributed by atoms with E-state index in [1.54, 1.807) is 43.5 Å². The molecule has 11 nitrogen and oxygen atoms in total. The number of ether oxygens (including phenoxy) is 2. The van der Waals surface area contributed by atoms with Gasteiger partial charge in [0.1, 0.15) is 5.75 Å². The number of hydrogen-bond donors (Lipinski definition) is 6. The average molecular weight is 870 g/mol. The van der Waals surface area contributed by atoms with Crippen molar-refractivity contribution in [2.24, 2.45) is 0 Å². The van der Waals surface area contributed by atoms with Crippen molar-refractivity contribution in [2.45, 2.75) is 72.0 Å². The number of methoxy groups -OCH3 is 1. The van der Waals surface area contributed by atoms with Gasteiger partial charge in [0.25, 0.3) is 0 Å². The number of anilines is 1. The molecule has 15 heteroatoms. The number of aliphatic hydroxyl groups excluding tert-OH is 1. The molecule has 292 valence electrons. The molecule has 2 atom stereocenters. The van der Waals surface area contributed by atoms with Crippen LogP contribution in [0, 0.1) is 0 Å². The number of carbonyl (C=O) groups excluding carboxylic acids is 2. The Labute approximate surface area is 336 Å². The van der Waals surface area contributed by atoms with E-state index in [4.69, 9.17) is 21.1 Å².